The molecular weight excluding hydrogens is 541 g/mol. The Kier molecular flexibility index (Phi) is 13.3. The van der Waals surface area contributed by atoms with Crippen LogP contribution in [0.15, 0.2) is 12.3 Å². The van der Waals surface area contributed by atoms with Gasteiger partial charge >= 0.3 is 34.5 Å². The van der Waals surface area contributed by atoms with Gasteiger partial charge in [-0.15, -0.1) is 6.58 Å². The second-order valence-electron chi connectivity index (χ2n) is 9.42. The zero-order chi connectivity index (χ0) is 26.7. The highest BCUT2D eigenvalue weighted by Crippen LogP contribution is 2.28. The predicted octanol–water partition coefficient (Wildman–Crippen LogP) is 2.24. The molecule has 0 spiro atoms. The smallest absolute Gasteiger partial charge is 0.413 e. The highest BCUT2D eigenvalue weighted by Gasteiger charge is 2.51. The average Bonchev–Trinajstić information content (AvgIpc) is 3.77. The average molecular weight is 585 g/mol. The summed E-state index contributed by atoms with van der Waals surface area (Å²) in [6.07, 6.45) is 1.78. The van der Waals surface area contributed by atoms with Gasteiger partial charge in [0.25, 0.3) is 0 Å². The maximum atomic E-state index is 12.1. The molecule has 15 heteroatoms. The van der Waals surface area contributed by atoms with Crippen LogP contribution in [0, 0.1) is 0 Å². The Balaban J connectivity index is 1.94. The first-order valence-electron chi connectivity index (χ1n) is 12.3. The standard InChI is InChI=1S/C21H44O11Si4/c1-8-34(7,32-35(19-22,23-2)13-9-11-26-15-20-17-28-20)30-33(5,6)31-36(24-3,25-4)14-10-12-27-16-21-18-29-21/h8,19-21H,1,9-18H2,2-7H3. The molecule has 0 radical (unpaired) electrons. The predicted molar refractivity (Wildman–Crippen MR) is 142 cm³/mol. The first-order chi connectivity index (χ1) is 17.1. The van der Waals surface area contributed by atoms with Crippen LogP contribution in [0.25, 0.3) is 0 Å². The van der Waals surface area contributed by atoms with Crippen LogP contribution in [-0.4, -0.2) is 114 Å². The molecule has 36 heavy (non-hydrogen) atoms. The number of carbonyl (C=O) groups is 1. The van der Waals surface area contributed by atoms with Crippen LogP contribution in [0.2, 0.25) is 31.7 Å². The van der Waals surface area contributed by atoms with Gasteiger partial charge in [-0.1, -0.05) is 5.70 Å². The molecule has 210 valence electrons. The largest absolute Gasteiger partial charge is 0.491 e. The van der Waals surface area contributed by atoms with Crippen LogP contribution < -0.4 is 0 Å². The van der Waals surface area contributed by atoms with Gasteiger partial charge in [0.2, 0.25) is 0 Å². The minimum absolute atomic E-state index is 0.202. The SMILES string of the molecule is C=C[Si](C)(O[Si](C)(C)O[Si](CCCOCC1CO1)(OC)OC)O[Si](C=O)(CCCOCC1CO1)OC. The van der Waals surface area contributed by atoms with Crippen molar-refractivity contribution in [2.75, 3.05) is 61.0 Å². The second-order valence-corrected chi connectivity index (χ2v) is 22.6. The summed E-state index contributed by atoms with van der Waals surface area (Å²) in [6.45, 7) is 13.4. The molecule has 0 N–H and O–H groups in total. The highest BCUT2D eigenvalue weighted by atomic mass is 28.5. The van der Waals surface area contributed by atoms with Crippen molar-refractivity contribution >= 4 is 40.4 Å². The molecule has 0 saturated carbocycles. The minimum Gasteiger partial charge on any atom is -0.413 e. The van der Waals surface area contributed by atoms with Crippen molar-refractivity contribution < 1.29 is 49.4 Å². The van der Waals surface area contributed by atoms with Gasteiger partial charge in [0.1, 0.15) is 12.2 Å². The first-order valence-corrected chi connectivity index (χ1v) is 21.6. The van der Waals surface area contributed by atoms with E-state index in [-0.39, 0.29) is 12.2 Å². The number of rotatable bonds is 23. The molecule has 2 rings (SSSR count). The summed E-state index contributed by atoms with van der Waals surface area (Å²) in [5.41, 5.74) is 1.66. The van der Waals surface area contributed by atoms with Gasteiger partial charge in [-0.25, -0.2) is 0 Å². The molecule has 0 aromatic carbocycles. The first kappa shape index (κ1) is 32.1. The van der Waals surface area contributed by atoms with Gasteiger partial charge in [-0.2, -0.15) is 0 Å². The monoisotopic (exact) mass is 584 g/mol. The van der Waals surface area contributed by atoms with Crippen molar-refractivity contribution in [3.63, 3.8) is 0 Å². The van der Waals surface area contributed by atoms with Crippen molar-refractivity contribution in [1.82, 2.24) is 0 Å². The van der Waals surface area contributed by atoms with E-state index in [1.54, 1.807) is 19.9 Å². The summed E-state index contributed by atoms with van der Waals surface area (Å²) >= 11 is 0. The van der Waals surface area contributed by atoms with Crippen LogP contribution in [-0.2, 0) is 49.4 Å². The fourth-order valence-electron chi connectivity index (χ4n) is 3.65. The lowest BCUT2D eigenvalue weighted by Gasteiger charge is -2.40. The molecule has 2 saturated heterocycles. The number of epoxide rings is 2. The van der Waals surface area contributed by atoms with Gasteiger partial charge in [0.15, 0.2) is 5.91 Å². The minimum atomic E-state index is -3.21. The summed E-state index contributed by atoms with van der Waals surface area (Å²) in [6, 6.07) is 1.03. The van der Waals surface area contributed by atoms with Crippen LogP contribution in [0.3, 0.4) is 0 Å². The molecule has 0 amide bonds. The second kappa shape index (κ2) is 14.9. The fraction of sp³-hybridized carbons (Fsp3) is 0.857. The zero-order valence-corrected chi connectivity index (χ0v) is 26.6. The highest BCUT2D eigenvalue weighted by molar-refractivity contribution is 6.99. The van der Waals surface area contributed by atoms with Gasteiger partial charge in [0.05, 0.1) is 26.4 Å². The third-order valence-electron chi connectivity index (χ3n) is 5.74. The molecule has 2 aliphatic rings. The van der Waals surface area contributed by atoms with Crippen molar-refractivity contribution in [2.24, 2.45) is 0 Å². The van der Waals surface area contributed by atoms with E-state index in [0.717, 1.165) is 25.5 Å². The summed E-state index contributed by atoms with van der Waals surface area (Å²) < 4.78 is 58.1. The maximum Gasteiger partial charge on any atom is 0.491 e. The van der Waals surface area contributed by atoms with E-state index < -0.39 is 34.5 Å². The third-order valence-corrected chi connectivity index (χ3v) is 20.6. The Morgan fingerprint density at radius 2 is 1.36 bits per heavy atom. The number of hydrogen-bond donors (Lipinski definition) is 0. The molecule has 0 bridgehead atoms. The van der Waals surface area contributed by atoms with Gasteiger partial charge in [-0.3, -0.25) is 0 Å². The van der Waals surface area contributed by atoms with Crippen LogP contribution in [0.1, 0.15) is 12.8 Å². The molecule has 4 unspecified atom stereocenters. The molecule has 11 nitrogen and oxygen atoms in total. The van der Waals surface area contributed by atoms with Gasteiger partial charge in [-0.05, 0) is 38.5 Å². The topological polar surface area (TPSA) is 116 Å². The maximum absolute atomic E-state index is 12.1. The van der Waals surface area contributed by atoms with Crippen LogP contribution in [0.5, 0.6) is 0 Å². The summed E-state index contributed by atoms with van der Waals surface area (Å²) in [5, 5.41) is 0. The van der Waals surface area contributed by atoms with E-state index in [9.17, 15) is 4.79 Å². The fourth-order valence-corrected chi connectivity index (χ4v) is 19.3. The Hall–Kier alpha value is -0.122. The Morgan fingerprint density at radius 3 is 1.78 bits per heavy atom. The molecule has 2 aliphatic heterocycles. The Morgan fingerprint density at radius 1 is 0.833 bits per heavy atom. The molecular formula is C21H44O11Si4. The quantitative estimate of drug-likeness (QED) is 0.0762. The number of ether oxygens (including phenoxy) is 4. The van der Waals surface area contributed by atoms with E-state index in [2.05, 4.69) is 6.58 Å². The van der Waals surface area contributed by atoms with Crippen molar-refractivity contribution in [3.8, 4) is 0 Å². The van der Waals surface area contributed by atoms with Gasteiger partial charge < -0.3 is 49.4 Å². The summed E-state index contributed by atoms with van der Waals surface area (Å²) in [7, 11) is -7.48. The van der Waals surface area contributed by atoms with E-state index in [1.807, 2.05) is 19.6 Å². The lowest BCUT2D eigenvalue weighted by atomic mass is 10.5. The van der Waals surface area contributed by atoms with E-state index >= 15 is 0 Å². The van der Waals surface area contributed by atoms with Crippen molar-refractivity contribution in [3.05, 3.63) is 12.3 Å². The molecule has 0 aromatic heterocycles. The Labute approximate surface area is 219 Å². The normalized spacial score (nSPS) is 23.1. The third kappa shape index (κ3) is 11.3. The number of hydrogen-bond acceptors (Lipinski definition) is 11. The van der Waals surface area contributed by atoms with E-state index in [4.69, 9.17) is 44.6 Å². The molecule has 2 fully saturated rings. The molecule has 0 aromatic rings. The van der Waals surface area contributed by atoms with E-state index in [1.165, 1.54) is 7.11 Å². The molecule has 2 heterocycles. The molecule has 0 aliphatic carbocycles. The summed E-state index contributed by atoms with van der Waals surface area (Å²) in [4.78, 5) is 12.1. The van der Waals surface area contributed by atoms with Gasteiger partial charge in [0, 0.05) is 40.6 Å². The Bertz CT molecular complexity index is 676. The van der Waals surface area contributed by atoms with Crippen LogP contribution >= 0.6 is 0 Å². The van der Waals surface area contributed by atoms with Crippen molar-refractivity contribution in [2.45, 2.75) is 56.8 Å². The van der Waals surface area contributed by atoms with E-state index in [0.29, 0.717) is 44.9 Å². The zero-order valence-electron chi connectivity index (χ0n) is 22.6. The molecule has 4 atom stereocenters. The summed E-state index contributed by atoms with van der Waals surface area (Å²) in [5.74, 6) is 0.806. The van der Waals surface area contributed by atoms with Crippen molar-refractivity contribution in [1.29, 1.82) is 0 Å². The lowest BCUT2D eigenvalue weighted by Crippen LogP contribution is -2.61. The number of carbonyl (C=O) groups excluding carboxylic acids is 1. The lowest BCUT2D eigenvalue weighted by molar-refractivity contribution is 0.106. The van der Waals surface area contributed by atoms with Crippen LogP contribution in [0.4, 0.5) is 0 Å².